The molecule has 0 spiro atoms. The number of halogens is 4. The number of piperidine rings is 1. The Morgan fingerprint density at radius 1 is 1.18 bits per heavy atom. The van der Waals surface area contributed by atoms with E-state index in [-0.39, 0.29) is 17.2 Å². The van der Waals surface area contributed by atoms with Crippen LogP contribution in [0.3, 0.4) is 0 Å². The van der Waals surface area contributed by atoms with E-state index in [0.717, 1.165) is 0 Å². The number of nitrogens with zero attached hydrogens (tertiary/aromatic N) is 7. The van der Waals surface area contributed by atoms with E-state index in [1.165, 1.54) is 17.1 Å². The Kier molecular flexibility index (Phi) is 7.86. The molecular weight excluding hydrogens is 514 g/mol. The topological polar surface area (TPSA) is 164 Å². The standard InChI is InChI=1S/C20H26FN9O.C2HF3O2/c1-19(2)9-13(16(21)20(3,4)28-19)23-18-22-10-14(24-26-18)12-7-6-11(8-15(12)31)17-25-29-30(5)27-17;3-2(4,5)1(6)7/h6-8,10,13,16,28,31H,9H2,1-5H3,(H,22,23,26);(H,6,7)/t13-,16-;/m0./s1. The molecule has 12 nitrogen and oxygen atoms in total. The van der Waals surface area contributed by atoms with Gasteiger partial charge >= 0.3 is 12.1 Å². The maximum atomic E-state index is 15.0. The van der Waals surface area contributed by atoms with Crippen LogP contribution in [0.2, 0.25) is 0 Å². The average molecular weight is 542 g/mol. The lowest BCUT2D eigenvalue weighted by Crippen LogP contribution is -2.67. The lowest BCUT2D eigenvalue weighted by Gasteiger charge is -2.48. The van der Waals surface area contributed by atoms with E-state index >= 15 is 0 Å². The van der Waals surface area contributed by atoms with Crippen LogP contribution in [-0.4, -0.2) is 81.0 Å². The number of aromatic hydroxyl groups is 1. The summed E-state index contributed by atoms with van der Waals surface area (Å²) in [4.78, 5) is 14.5. The third kappa shape index (κ3) is 6.87. The van der Waals surface area contributed by atoms with Gasteiger partial charge in [-0.15, -0.1) is 20.4 Å². The molecule has 2 atom stereocenters. The van der Waals surface area contributed by atoms with Gasteiger partial charge in [0.05, 0.1) is 19.3 Å². The third-order valence-corrected chi connectivity index (χ3v) is 5.59. The van der Waals surface area contributed by atoms with Crippen LogP contribution in [0, 0.1) is 0 Å². The third-order valence-electron chi connectivity index (χ3n) is 5.59. The summed E-state index contributed by atoms with van der Waals surface area (Å²) < 4.78 is 46.7. The van der Waals surface area contributed by atoms with Gasteiger partial charge in [-0.3, -0.25) is 0 Å². The number of carbonyl (C=O) groups is 1. The molecule has 1 aliphatic rings. The quantitative estimate of drug-likeness (QED) is 0.359. The molecule has 1 aliphatic heterocycles. The number of carboxylic acid groups (broad SMARTS) is 1. The van der Waals surface area contributed by atoms with Crippen LogP contribution in [0.5, 0.6) is 5.75 Å². The first-order valence-corrected chi connectivity index (χ1v) is 11.3. The second-order valence-electron chi connectivity index (χ2n) is 9.89. The number of anilines is 1. The van der Waals surface area contributed by atoms with Crippen molar-refractivity contribution in [1.82, 2.24) is 40.7 Å². The molecule has 0 bridgehead atoms. The molecule has 0 aliphatic carbocycles. The number of phenolic OH excluding ortho intramolecular Hbond substituents is 1. The minimum absolute atomic E-state index is 0.00700. The predicted molar refractivity (Wildman–Crippen MR) is 127 cm³/mol. The Morgan fingerprint density at radius 2 is 1.84 bits per heavy atom. The van der Waals surface area contributed by atoms with Crippen LogP contribution in [-0.2, 0) is 11.8 Å². The van der Waals surface area contributed by atoms with Crippen LogP contribution in [0.4, 0.5) is 23.5 Å². The number of aromatic nitrogens is 7. The number of rotatable bonds is 4. The van der Waals surface area contributed by atoms with Crippen LogP contribution in [0.15, 0.2) is 24.4 Å². The smallest absolute Gasteiger partial charge is 0.490 e. The SMILES string of the molecule is Cn1nnc(-c2ccc(-c3cnc(N[C@H]4CC(C)(C)NC(C)(C)[C@H]4F)nn3)c(O)c2)n1.O=C(O)C(F)(F)F. The summed E-state index contributed by atoms with van der Waals surface area (Å²) in [7, 11) is 1.67. The second-order valence-corrected chi connectivity index (χ2v) is 9.89. The first kappa shape index (κ1) is 28.6. The largest absolute Gasteiger partial charge is 0.507 e. The molecule has 0 unspecified atom stereocenters. The number of benzene rings is 1. The van der Waals surface area contributed by atoms with Gasteiger partial charge in [-0.05, 0) is 51.5 Å². The lowest BCUT2D eigenvalue weighted by atomic mass is 9.78. The number of phenols is 1. The number of tetrazole rings is 1. The number of aryl methyl sites for hydroxylation is 1. The van der Waals surface area contributed by atoms with E-state index in [1.807, 2.05) is 27.7 Å². The molecule has 0 amide bonds. The number of carboxylic acids is 1. The Balaban J connectivity index is 0.000000505. The molecule has 4 N–H and O–H groups in total. The highest BCUT2D eigenvalue weighted by atomic mass is 19.4. The molecule has 3 aromatic rings. The van der Waals surface area contributed by atoms with E-state index in [0.29, 0.717) is 29.1 Å². The molecule has 1 saturated heterocycles. The second kappa shape index (κ2) is 10.4. The Morgan fingerprint density at radius 3 is 2.34 bits per heavy atom. The van der Waals surface area contributed by atoms with Gasteiger partial charge < -0.3 is 20.8 Å². The van der Waals surface area contributed by atoms with Gasteiger partial charge in [0, 0.05) is 22.2 Å². The molecule has 1 aromatic carbocycles. The molecule has 4 rings (SSSR count). The van der Waals surface area contributed by atoms with E-state index in [1.54, 1.807) is 19.2 Å². The zero-order valence-electron chi connectivity index (χ0n) is 21.1. The first-order chi connectivity index (χ1) is 17.5. The fourth-order valence-corrected chi connectivity index (χ4v) is 4.19. The summed E-state index contributed by atoms with van der Waals surface area (Å²) >= 11 is 0. The maximum Gasteiger partial charge on any atom is 0.490 e. The zero-order chi connectivity index (χ0) is 28.5. The highest BCUT2D eigenvalue weighted by Gasteiger charge is 2.46. The molecule has 16 heteroatoms. The number of alkyl halides is 4. The van der Waals surface area contributed by atoms with Gasteiger partial charge in [-0.1, -0.05) is 6.07 Å². The normalized spacial score (nSPS) is 20.2. The predicted octanol–water partition coefficient (Wildman–Crippen LogP) is 2.74. The van der Waals surface area contributed by atoms with E-state index < -0.39 is 29.9 Å². The van der Waals surface area contributed by atoms with Gasteiger partial charge in [0.15, 0.2) is 0 Å². The van der Waals surface area contributed by atoms with Crippen LogP contribution in [0.25, 0.3) is 22.6 Å². The summed E-state index contributed by atoms with van der Waals surface area (Å²) in [6, 6.07) is 4.53. The van der Waals surface area contributed by atoms with Crippen molar-refractivity contribution in [3.63, 3.8) is 0 Å². The fraction of sp³-hybridized carbons (Fsp3) is 0.500. The van der Waals surface area contributed by atoms with Crippen molar-refractivity contribution >= 4 is 11.9 Å². The number of hydrogen-bond acceptors (Lipinski definition) is 10. The van der Waals surface area contributed by atoms with Gasteiger partial charge in [0.25, 0.3) is 0 Å². The van der Waals surface area contributed by atoms with Crippen molar-refractivity contribution in [2.24, 2.45) is 7.05 Å². The molecule has 0 saturated carbocycles. The van der Waals surface area contributed by atoms with Crippen molar-refractivity contribution in [2.45, 2.75) is 63.6 Å². The summed E-state index contributed by atoms with van der Waals surface area (Å²) in [6.07, 6.45) is -4.15. The molecule has 1 fully saturated rings. The number of hydrogen-bond donors (Lipinski definition) is 4. The van der Waals surface area contributed by atoms with E-state index in [2.05, 4.69) is 41.2 Å². The molecule has 3 heterocycles. The van der Waals surface area contributed by atoms with Gasteiger partial charge in [0.2, 0.25) is 11.8 Å². The number of nitrogens with one attached hydrogen (secondary N) is 2. The highest BCUT2D eigenvalue weighted by molar-refractivity contribution is 5.73. The highest BCUT2D eigenvalue weighted by Crippen LogP contribution is 2.33. The van der Waals surface area contributed by atoms with Gasteiger partial charge in [0.1, 0.15) is 17.6 Å². The first-order valence-electron chi connectivity index (χ1n) is 11.3. The molecule has 38 heavy (non-hydrogen) atoms. The Hall–Kier alpha value is -3.95. The van der Waals surface area contributed by atoms with Crippen LogP contribution in [0.1, 0.15) is 34.1 Å². The molecule has 0 radical (unpaired) electrons. The van der Waals surface area contributed by atoms with Crippen molar-refractivity contribution in [3.8, 4) is 28.4 Å². The average Bonchev–Trinajstić information content (AvgIpc) is 3.23. The van der Waals surface area contributed by atoms with Crippen LogP contribution >= 0.6 is 0 Å². The fourth-order valence-electron chi connectivity index (χ4n) is 4.19. The molecule has 2 aromatic heterocycles. The molecular formula is C22H27F4N9O3. The minimum atomic E-state index is -5.08. The van der Waals surface area contributed by atoms with Gasteiger partial charge in [-0.25, -0.2) is 14.2 Å². The van der Waals surface area contributed by atoms with E-state index in [9.17, 15) is 22.7 Å². The number of aliphatic carboxylic acids is 1. The lowest BCUT2D eigenvalue weighted by molar-refractivity contribution is -0.192. The van der Waals surface area contributed by atoms with Crippen molar-refractivity contribution < 1.29 is 32.6 Å². The summed E-state index contributed by atoms with van der Waals surface area (Å²) in [6.45, 7) is 7.78. The van der Waals surface area contributed by atoms with Crippen molar-refractivity contribution in [2.75, 3.05) is 5.32 Å². The van der Waals surface area contributed by atoms with Crippen LogP contribution < -0.4 is 10.6 Å². The Bertz CT molecular complexity index is 1280. The maximum absolute atomic E-state index is 15.0. The minimum Gasteiger partial charge on any atom is -0.507 e. The van der Waals surface area contributed by atoms with Crippen molar-refractivity contribution in [1.29, 1.82) is 0 Å². The summed E-state index contributed by atoms with van der Waals surface area (Å²) in [5.74, 6) is -2.12. The summed E-state index contributed by atoms with van der Waals surface area (Å²) in [5.41, 5.74) is 0.566. The monoisotopic (exact) mass is 541 g/mol. The van der Waals surface area contributed by atoms with E-state index in [4.69, 9.17) is 9.90 Å². The van der Waals surface area contributed by atoms with Crippen molar-refractivity contribution in [3.05, 3.63) is 24.4 Å². The van der Waals surface area contributed by atoms with Gasteiger partial charge in [-0.2, -0.15) is 18.0 Å². The summed E-state index contributed by atoms with van der Waals surface area (Å²) in [5, 5.41) is 44.1. The molecule has 206 valence electrons. The Labute approximate surface area is 214 Å². The zero-order valence-corrected chi connectivity index (χ0v) is 21.1.